The monoisotopic (exact) mass is 230 g/mol. The van der Waals surface area contributed by atoms with E-state index in [1.54, 1.807) is 42.5 Å². The van der Waals surface area contributed by atoms with E-state index in [0.717, 1.165) is 6.08 Å². The number of allylic oxidation sites excluding steroid dienone is 11. The van der Waals surface area contributed by atoms with Crippen LogP contribution < -0.4 is 0 Å². The molecule has 0 rings (SSSR count). The molecule has 0 aromatic heterocycles. The average molecular weight is 230 g/mol. The minimum absolute atomic E-state index is 0.712. The zero-order valence-corrected chi connectivity index (χ0v) is 9.27. The first-order valence-electron chi connectivity index (χ1n) is 4.95. The summed E-state index contributed by atoms with van der Waals surface area (Å²) in [7, 11) is 0. The molecule has 88 valence electrons. The van der Waals surface area contributed by atoms with Gasteiger partial charge in [0.1, 0.15) is 6.29 Å². The van der Waals surface area contributed by atoms with Crippen LogP contribution in [-0.2, 0) is 9.59 Å². The van der Waals surface area contributed by atoms with Crippen molar-refractivity contribution in [2.45, 2.75) is 0 Å². The van der Waals surface area contributed by atoms with E-state index >= 15 is 0 Å². The molecule has 0 aliphatic carbocycles. The van der Waals surface area contributed by atoms with E-state index in [-0.39, 0.29) is 0 Å². The number of rotatable bonds is 7. The van der Waals surface area contributed by atoms with Crippen molar-refractivity contribution in [3.8, 4) is 0 Å². The third kappa shape index (κ3) is 13.6. The molecule has 0 bridgehead atoms. The largest absolute Gasteiger partial charge is 0.478 e. The van der Waals surface area contributed by atoms with E-state index in [4.69, 9.17) is 5.11 Å². The smallest absolute Gasteiger partial charge is 0.328 e. The van der Waals surface area contributed by atoms with Gasteiger partial charge in [0.2, 0.25) is 0 Å². The second kappa shape index (κ2) is 11.7. The molecule has 0 saturated heterocycles. The van der Waals surface area contributed by atoms with Crippen molar-refractivity contribution in [2.75, 3.05) is 0 Å². The van der Waals surface area contributed by atoms with Crippen molar-refractivity contribution in [2.24, 2.45) is 0 Å². The Morgan fingerprint density at radius 1 is 0.647 bits per heavy atom. The van der Waals surface area contributed by atoms with Gasteiger partial charge in [-0.3, -0.25) is 4.79 Å². The van der Waals surface area contributed by atoms with Crippen molar-refractivity contribution in [1.29, 1.82) is 0 Å². The Morgan fingerprint density at radius 2 is 1.00 bits per heavy atom. The maximum absolute atomic E-state index is 10.1. The number of carboxylic acid groups (broad SMARTS) is 1. The number of carbonyl (C=O) groups excluding carboxylic acids is 1. The lowest BCUT2D eigenvalue weighted by molar-refractivity contribution is -0.131. The quantitative estimate of drug-likeness (QED) is 0.415. The van der Waals surface area contributed by atoms with Crippen LogP contribution in [0.1, 0.15) is 0 Å². The average Bonchev–Trinajstić information content (AvgIpc) is 2.30. The van der Waals surface area contributed by atoms with E-state index in [2.05, 4.69) is 0 Å². The first-order chi connectivity index (χ1) is 8.27. The van der Waals surface area contributed by atoms with Crippen LogP contribution in [0.4, 0.5) is 0 Å². The number of hydrogen-bond donors (Lipinski definition) is 1. The Balaban J connectivity index is 3.84. The Hall–Kier alpha value is -2.42. The number of carboxylic acids is 1. The highest BCUT2D eigenvalue weighted by Gasteiger charge is 1.78. The summed E-state index contributed by atoms with van der Waals surface area (Å²) in [4.78, 5) is 20.0. The first-order valence-corrected chi connectivity index (χ1v) is 4.95. The summed E-state index contributed by atoms with van der Waals surface area (Å²) in [6.07, 6.45) is 20.3. The molecule has 0 amide bonds. The van der Waals surface area contributed by atoms with Gasteiger partial charge in [-0.25, -0.2) is 4.79 Å². The third-order valence-electron chi connectivity index (χ3n) is 1.43. The first kappa shape index (κ1) is 14.6. The Kier molecular flexibility index (Phi) is 9.99. The number of aldehydes is 1. The molecule has 0 atom stereocenters. The molecule has 3 heteroatoms. The fourth-order valence-corrected chi connectivity index (χ4v) is 0.761. The molecule has 0 aliphatic heterocycles. The Bertz CT molecular complexity index is 394. The van der Waals surface area contributed by atoms with Gasteiger partial charge < -0.3 is 5.11 Å². The van der Waals surface area contributed by atoms with Gasteiger partial charge in [-0.2, -0.15) is 0 Å². The zero-order valence-electron chi connectivity index (χ0n) is 9.27. The third-order valence-corrected chi connectivity index (χ3v) is 1.43. The summed E-state index contributed by atoms with van der Waals surface area (Å²) in [6, 6.07) is 0. The molecule has 0 fully saturated rings. The summed E-state index contributed by atoms with van der Waals surface area (Å²) >= 11 is 0. The Labute approximate surface area is 100 Å². The van der Waals surface area contributed by atoms with Gasteiger partial charge in [-0.15, -0.1) is 0 Å². The van der Waals surface area contributed by atoms with Crippen LogP contribution in [0, 0.1) is 0 Å². The molecule has 0 saturated carbocycles. The van der Waals surface area contributed by atoms with E-state index in [1.165, 1.54) is 12.2 Å². The van der Waals surface area contributed by atoms with E-state index in [0.29, 0.717) is 6.29 Å². The van der Waals surface area contributed by atoms with Crippen LogP contribution in [0.3, 0.4) is 0 Å². The van der Waals surface area contributed by atoms with Gasteiger partial charge in [0.25, 0.3) is 0 Å². The second-order valence-corrected chi connectivity index (χ2v) is 2.76. The van der Waals surface area contributed by atoms with Crippen LogP contribution in [0.5, 0.6) is 0 Å². The predicted molar refractivity (Wildman–Crippen MR) is 68.5 cm³/mol. The van der Waals surface area contributed by atoms with Crippen LogP contribution in [0.2, 0.25) is 0 Å². The maximum Gasteiger partial charge on any atom is 0.328 e. The summed E-state index contributed by atoms with van der Waals surface area (Å²) in [6.45, 7) is 0. The highest BCUT2D eigenvalue weighted by Crippen LogP contribution is 1.84. The van der Waals surface area contributed by atoms with Gasteiger partial charge in [0.05, 0.1) is 0 Å². The molecule has 0 aliphatic rings. The number of aliphatic carboxylic acids is 1. The molecule has 1 N–H and O–H groups in total. The molecule has 17 heavy (non-hydrogen) atoms. The normalized spacial score (nSPS) is 13.2. The number of hydrogen-bond acceptors (Lipinski definition) is 2. The van der Waals surface area contributed by atoms with Crippen LogP contribution in [-0.4, -0.2) is 17.4 Å². The van der Waals surface area contributed by atoms with E-state index in [1.807, 2.05) is 12.2 Å². The van der Waals surface area contributed by atoms with Crippen molar-refractivity contribution in [3.05, 3.63) is 72.9 Å². The second-order valence-electron chi connectivity index (χ2n) is 2.76. The van der Waals surface area contributed by atoms with Crippen LogP contribution in [0.15, 0.2) is 72.9 Å². The van der Waals surface area contributed by atoms with Crippen LogP contribution >= 0.6 is 0 Å². The minimum Gasteiger partial charge on any atom is -0.478 e. The predicted octanol–water partition coefficient (Wildman–Crippen LogP) is 2.61. The Morgan fingerprint density at radius 3 is 1.35 bits per heavy atom. The molecule has 0 aromatic rings. The minimum atomic E-state index is -0.966. The highest BCUT2D eigenvalue weighted by atomic mass is 16.4. The van der Waals surface area contributed by atoms with Crippen molar-refractivity contribution < 1.29 is 14.7 Å². The van der Waals surface area contributed by atoms with Crippen LogP contribution in [0.25, 0.3) is 0 Å². The van der Waals surface area contributed by atoms with Gasteiger partial charge in [0.15, 0.2) is 0 Å². The number of carbonyl (C=O) groups is 2. The lowest BCUT2D eigenvalue weighted by Crippen LogP contribution is -1.84. The van der Waals surface area contributed by atoms with E-state index in [9.17, 15) is 9.59 Å². The van der Waals surface area contributed by atoms with Crippen molar-refractivity contribution in [1.82, 2.24) is 0 Å². The van der Waals surface area contributed by atoms with Crippen molar-refractivity contribution >= 4 is 12.3 Å². The molecule has 0 aromatic carbocycles. The highest BCUT2D eigenvalue weighted by molar-refractivity contribution is 5.80. The lowest BCUT2D eigenvalue weighted by atomic mass is 10.3. The molecule has 0 unspecified atom stereocenters. The topological polar surface area (TPSA) is 54.4 Å². The standard InChI is InChI=1S/C14H14O3/c15-13-11-9-7-5-3-1-2-4-6-8-10-12-14(16)17/h1-13H,(H,16,17)/b3-1+,4-2+,7-5+,8-6+,11-9+,12-10+. The molecule has 0 heterocycles. The van der Waals surface area contributed by atoms with E-state index < -0.39 is 5.97 Å². The molecule has 0 radical (unpaired) electrons. The summed E-state index contributed by atoms with van der Waals surface area (Å²) < 4.78 is 0. The fourth-order valence-electron chi connectivity index (χ4n) is 0.761. The van der Waals surface area contributed by atoms with Gasteiger partial charge in [0, 0.05) is 6.08 Å². The molecule has 0 spiro atoms. The fraction of sp³-hybridized carbons (Fsp3) is 0. The summed E-state index contributed by atoms with van der Waals surface area (Å²) in [5.74, 6) is -0.966. The van der Waals surface area contributed by atoms with Gasteiger partial charge in [-0.05, 0) is 6.08 Å². The summed E-state index contributed by atoms with van der Waals surface area (Å²) in [5.41, 5.74) is 0. The molecular formula is C14H14O3. The zero-order chi connectivity index (χ0) is 12.8. The van der Waals surface area contributed by atoms with Gasteiger partial charge >= 0.3 is 5.97 Å². The summed E-state index contributed by atoms with van der Waals surface area (Å²) in [5, 5.41) is 8.29. The van der Waals surface area contributed by atoms with Crippen molar-refractivity contribution in [3.63, 3.8) is 0 Å². The molecular weight excluding hydrogens is 216 g/mol. The molecule has 3 nitrogen and oxygen atoms in total. The lowest BCUT2D eigenvalue weighted by Gasteiger charge is -1.75. The SMILES string of the molecule is O=C/C=C/C=C/C=C/C=C/C=C/C=C/C(=O)O. The van der Waals surface area contributed by atoms with Gasteiger partial charge in [-0.1, -0.05) is 60.8 Å². The maximum atomic E-state index is 10.1.